The van der Waals surface area contributed by atoms with Gasteiger partial charge in [-0.3, -0.25) is 0 Å². The smallest absolute Gasteiger partial charge is 0.315 e. The molecule has 0 radical (unpaired) electrons. The fourth-order valence-corrected chi connectivity index (χ4v) is 4.74. The maximum atomic E-state index is 14.4. The van der Waals surface area contributed by atoms with E-state index in [0.717, 1.165) is 29.9 Å². The molecule has 0 atom stereocenters. The van der Waals surface area contributed by atoms with Crippen LogP contribution < -0.4 is 0 Å². The van der Waals surface area contributed by atoms with Crippen molar-refractivity contribution in [2.24, 2.45) is 5.92 Å². The molecule has 1 fully saturated rings. The summed E-state index contributed by atoms with van der Waals surface area (Å²) in [6, 6.07) is 15.4. The first-order chi connectivity index (χ1) is 16.0. The van der Waals surface area contributed by atoms with Crippen molar-refractivity contribution >= 4 is 0 Å². The summed E-state index contributed by atoms with van der Waals surface area (Å²) in [5.74, 6) is 1.43. The van der Waals surface area contributed by atoms with Gasteiger partial charge in [-0.1, -0.05) is 66.8 Å². The Kier molecular flexibility index (Phi) is 9.87. The summed E-state index contributed by atoms with van der Waals surface area (Å²) in [6.07, 6.45) is 11.9. The van der Waals surface area contributed by atoms with E-state index in [4.69, 9.17) is 4.74 Å². The lowest BCUT2D eigenvalue weighted by Gasteiger charge is -2.28. The van der Waals surface area contributed by atoms with Crippen molar-refractivity contribution in [1.82, 2.24) is 0 Å². The number of ether oxygens (including phenoxy) is 1. The third-order valence-electron chi connectivity index (χ3n) is 6.80. The predicted octanol–water partition coefficient (Wildman–Crippen LogP) is 8.79. The van der Waals surface area contributed by atoms with Gasteiger partial charge in [-0.05, 0) is 92.4 Å². The molecule has 0 saturated heterocycles. The molecule has 0 unspecified atom stereocenters. The van der Waals surface area contributed by atoms with Crippen LogP contribution in [0.25, 0.3) is 0 Å². The minimum atomic E-state index is -3.19. The second kappa shape index (κ2) is 12.8. The molecule has 178 valence electrons. The number of halogens is 2. The van der Waals surface area contributed by atoms with Crippen LogP contribution >= 0.6 is 0 Å². The number of alkyl halides is 2. The first-order valence-corrected chi connectivity index (χ1v) is 12.4. The minimum absolute atomic E-state index is 0.0810. The van der Waals surface area contributed by atoms with Crippen LogP contribution in [0.2, 0.25) is 0 Å². The van der Waals surface area contributed by atoms with Gasteiger partial charge >= 0.3 is 6.11 Å². The quantitative estimate of drug-likeness (QED) is 0.292. The largest absolute Gasteiger partial charge is 0.360 e. The lowest BCUT2D eigenvalue weighted by atomic mass is 9.77. The van der Waals surface area contributed by atoms with E-state index >= 15 is 0 Å². The standard InChI is InChI=1S/C30H38F2O/c1-3-5-7-9-25-14-18-28(19-15-25)29-20-16-27(17-21-29)23-33-30(31,32)22-26-12-10-24(11-13-26)8-6-4-2/h3-5,10-13,16-17,20-21,25,28H,2,6-9,14-15,18-19,22-23H2,1H3. The summed E-state index contributed by atoms with van der Waals surface area (Å²) in [5.41, 5.74) is 3.83. The summed E-state index contributed by atoms with van der Waals surface area (Å²) in [7, 11) is 0. The molecule has 3 heteroatoms. The topological polar surface area (TPSA) is 9.23 Å². The van der Waals surface area contributed by atoms with Gasteiger partial charge in [0, 0.05) is 0 Å². The molecular weight excluding hydrogens is 414 g/mol. The van der Waals surface area contributed by atoms with Crippen molar-refractivity contribution in [1.29, 1.82) is 0 Å². The summed E-state index contributed by atoms with van der Waals surface area (Å²) in [5, 5.41) is 0. The maximum absolute atomic E-state index is 14.4. The number of aryl methyl sites for hydroxylation is 1. The molecule has 0 amide bonds. The minimum Gasteiger partial charge on any atom is -0.315 e. The number of hydrogen-bond donors (Lipinski definition) is 0. The van der Waals surface area contributed by atoms with Gasteiger partial charge in [0.05, 0.1) is 13.0 Å². The zero-order valence-electron chi connectivity index (χ0n) is 19.9. The number of benzene rings is 2. The Labute approximate surface area is 198 Å². The van der Waals surface area contributed by atoms with Crippen LogP contribution in [0.15, 0.2) is 73.3 Å². The van der Waals surface area contributed by atoms with Crippen molar-refractivity contribution in [3.63, 3.8) is 0 Å². The highest BCUT2D eigenvalue weighted by Crippen LogP contribution is 2.37. The summed E-state index contributed by atoms with van der Waals surface area (Å²) in [6.45, 7) is 5.71. The fourth-order valence-electron chi connectivity index (χ4n) is 4.74. The molecule has 0 aliphatic heterocycles. The molecule has 33 heavy (non-hydrogen) atoms. The highest BCUT2D eigenvalue weighted by atomic mass is 19.3. The summed E-state index contributed by atoms with van der Waals surface area (Å²) in [4.78, 5) is 0. The lowest BCUT2D eigenvalue weighted by Crippen LogP contribution is -2.23. The van der Waals surface area contributed by atoms with Crippen molar-refractivity contribution in [3.8, 4) is 0 Å². The Morgan fingerprint density at radius 1 is 0.909 bits per heavy atom. The van der Waals surface area contributed by atoms with Crippen LogP contribution in [0.5, 0.6) is 0 Å². The van der Waals surface area contributed by atoms with Gasteiger partial charge in [-0.2, -0.15) is 8.78 Å². The molecule has 1 aliphatic carbocycles. The lowest BCUT2D eigenvalue weighted by molar-refractivity contribution is -0.244. The van der Waals surface area contributed by atoms with E-state index < -0.39 is 12.5 Å². The van der Waals surface area contributed by atoms with Gasteiger partial charge in [0.15, 0.2) is 0 Å². The summed E-state index contributed by atoms with van der Waals surface area (Å²) >= 11 is 0. The Bertz CT molecular complexity index is 859. The SMILES string of the molecule is C=CCCc1ccc(CC(F)(F)OCc2ccc(C3CCC(CCC=CC)CC3)cc2)cc1. The van der Waals surface area contributed by atoms with E-state index in [2.05, 4.69) is 37.8 Å². The maximum Gasteiger partial charge on any atom is 0.360 e. The number of rotatable bonds is 12. The molecule has 2 aromatic rings. The molecule has 0 heterocycles. The fraction of sp³-hybridized carbons (Fsp3) is 0.467. The van der Waals surface area contributed by atoms with Crippen molar-refractivity contribution in [3.05, 3.63) is 95.6 Å². The zero-order chi connectivity index (χ0) is 23.5. The van der Waals surface area contributed by atoms with Crippen LogP contribution in [-0.4, -0.2) is 6.11 Å². The summed E-state index contributed by atoms with van der Waals surface area (Å²) < 4.78 is 33.8. The second-order valence-electron chi connectivity index (χ2n) is 9.35. The van der Waals surface area contributed by atoms with Crippen LogP contribution in [0.1, 0.15) is 80.0 Å². The molecule has 0 aromatic heterocycles. The Morgan fingerprint density at radius 2 is 1.55 bits per heavy atom. The molecule has 3 rings (SSSR count). The first kappa shape index (κ1) is 25.4. The molecular formula is C30H38F2O. The molecule has 1 nitrogen and oxygen atoms in total. The van der Waals surface area contributed by atoms with Gasteiger partial charge in [0.25, 0.3) is 0 Å². The van der Waals surface area contributed by atoms with Crippen LogP contribution in [0.4, 0.5) is 8.78 Å². The molecule has 1 aliphatic rings. The van der Waals surface area contributed by atoms with Gasteiger partial charge in [-0.15, -0.1) is 6.58 Å². The normalized spacial score (nSPS) is 19.1. The molecule has 1 saturated carbocycles. The van der Waals surface area contributed by atoms with Crippen molar-refractivity contribution in [2.75, 3.05) is 0 Å². The Morgan fingerprint density at radius 3 is 2.18 bits per heavy atom. The highest BCUT2D eigenvalue weighted by Gasteiger charge is 2.30. The monoisotopic (exact) mass is 452 g/mol. The average molecular weight is 453 g/mol. The van der Waals surface area contributed by atoms with Gasteiger partial charge < -0.3 is 4.74 Å². The molecule has 0 N–H and O–H groups in total. The van der Waals surface area contributed by atoms with E-state index in [1.165, 1.54) is 44.1 Å². The predicted molar refractivity (Wildman–Crippen MR) is 134 cm³/mol. The van der Waals surface area contributed by atoms with E-state index in [-0.39, 0.29) is 6.61 Å². The van der Waals surface area contributed by atoms with Gasteiger partial charge in [0.1, 0.15) is 0 Å². The van der Waals surface area contributed by atoms with Crippen molar-refractivity contribution in [2.45, 2.75) is 83.3 Å². The highest BCUT2D eigenvalue weighted by molar-refractivity contribution is 5.26. The molecule has 0 spiro atoms. The average Bonchev–Trinajstić information content (AvgIpc) is 2.83. The molecule has 2 aromatic carbocycles. The van der Waals surface area contributed by atoms with E-state index in [9.17, 15) is 8.78 Å². The Balaban J connectivity index is 1.44. The third-order valence-corrected chi connectivity index (χ3v) is 6.80. The van der Waals surface area contributed by atoms with Crippen molar-refractivity contribution < 1.29 is 13.5 Å². The number of hydrogen-bond acceptors (Lipinski definition) is 1. The first-order valence-electron chi connectivity index (χ1n) is 12.4. The van der Waals surface area contributed by atoms with Crippen LogP contribution in [-0.2, 0) is 24.2 Å². The van der Waals surface area contributed by atoms with E-state index in [1.54, 1.807) is 12.1 Å². The van der Waals surface area contributed by atoms with Crippen LogP contribution in [0.3, 0.4) is 0 Å². The zero-order valence-corrected chi connectivity index (χ0v) is 19.9. The van der Waals surface area contributed by atoms with Crippen LogP contribution in [0, 0.1) is 5.92 Å². The third kappa shape index (κ3) is 8.55. The van der Waals surface area contributed by atoms with E-state index in [0.29, 0.717) is 11.5 Å². The van der Waals surface area contributed by atoms with Gasteiger partial charge in [-0.25, -0.2) is 0 Å². The van der Waals surface area contributed by atoms with E-state index in [1.807, 2.05) is 30.3 Å². The number of allylic oxidation sites excluding steroid dienone is 3. The van der Waals surface area contributed by atoms with Gasteiger partial charge in [0.2, 0.25) is 0 Å². The Hall–Kier alpha value is -2.26. The second-order valence-corrected chi connectivity index (χ2v) is 9.35. The molecule has 0 bridgehead atoms.